The number of hydrogen-bond acceptors (Lipinski definition) is 6. The molecule has 2 aromatic carbocycles. The molecular weight excluding hydrogens is 392 g/mol. The Morgan fingerprint density at radius 2 is 1.87 bits per heavy atom. The molecule has 0 aliphatic carbocycles. The van der Waals surface area contributed by atoms with E-state index in [9.17, 15) is 4.79 Å². The summed E-state index contributed by atoms with van der Waals surface area (Å²) in [5.74, 6) is 2.53. The van der Waals surface area contributed by atoms with Crippen LogP contribution in [-0.2, 0) is 11.3 Å². The zero-order chi connectivity index (χ0) is 22.1. The Bertz CT molecular complexity index is 1040. The van der Waals surface area contributed by atoms with Crippen molar-refractivity contribution in [3.05, 3.63) is 71.4 Å². The number of benzene rings is 2. The molecule has 0 spiro atoms. The van der Waals surface area contributed by atoms with Crippen LogP contribution < -0.4 is 10.1 Å². The van der Waals surface area contributed by atoms with Gasteiger partial charge in [0.1, 0.15) is 13.2 Å². The fraction of sp³-hybridized carbons (Fsp3) is 0.250. The van der Waals surface area contributed by atoms with Gasteiger partial charge in [0.05, 0.1) is 17.9 Å². The Morgan fingerprint density at radius 1 is 1.13 bits per heavy atom. The third-order valence-corrected chi connectivity index (χ3v) is 4.59. The van der Waals surface area contributed by atoms with E-state index in [1.807, 2.05) is 62.4 Å². The number of hydrogen-bond donors (Lipinski definition) is 1. The van der Waals surface area contributed by atoms with Gasteiger partial charge in [-0.25, -0.2) is 4.79 Å². The first-order chi connectivity index (χ1) is 15.1. The van der Waals surface area contributed by atoms with Gasteiger partial charge in [0.25, 0.3) is 0 Å². The number of amides is 1. The van der Waals surface area contributed by atoms with E-state index in [0.717, 1.165) is 22.3 Å². The van der Waals surface area contributed by atoms with Crippen molar-refractivity contribution in [1.29, 1.82) is 0 Å². The summed E-state index contributed by atoms with van der Waals surface area (Å²) in [6.07, 6.45) is 6.72. The lowest BCUT2D eigenvalue weighted by Crippen LogP contribution is -2.39. The van der Waals surface area contributed by atoms with Gasteiger partial charge < -0.3 is 14.8 Å². The summed E-state index contributed by atoms with van der Waals surface area (Å²) < 4.78 is 10.9. The van der Waals surface area contributed by atoms with Crippen LogP contribution in [0, 0.1) is 26.2 Å². The number of rotatable bonds is 8. The smallest absolute Gasteiger partial charge is 0.407 e. The fourth-order valence-electron chi connectivity index (χ4n) is 3.09. The van der Waals surface area contributed by atoms with E-state index >= 15 is 0 Å². The summed E-state index contributed by atoms with van der Waals surface area (Å²) in [4.78, 5) is 16.6. The molecule has 1 amide bonds. The number of ether oxygens (including phenoxy) is 2. The maximum atomic E-state index is 12.1. The average molecular weight is 416 g/mol. The van der Waals surface area contributed by atoms with Gasteiger partial charge in [-0.05, 0) is 30.5 Å². The maximum Gasteiger partial charge on any atom is 0.407 e. The molecule has 0 saturated carbocycles. The van der Waals surface area contributed by atoms with E-state index in [2.05, 4.69) is 26.4 Å². The summed E-state index contributed by atoms with van der Waals surface area (Å²) >= 11 is 0. The number of alkyl carbamates (subject to hydrolysis) is 1. The lowest BCUT2D eigenvalue weighted by Gasteiger charge is -2.16. The van der Waals surface area contributed by atoms with Crippen molar-refractivity contribution in [2.24, 2.45) is 0 Å². The van der Waals surface area contributed by atoms with Crippen molar-refractivity contribution < 1.29 is 14.3 Å². The monoisotopic (exact) mass is 416 g/mol. The first kappa shape index (κ1) is 21.8. The fourth-order valence-corrected chi connectivity index (χ4v) is 3.09. The third-order valence-electron chi connectivity index (χ3n) is 4.59. The molecule has 31 heavy (non-hydrogen) atoms. The molecule has 0 saturated heterocycles. The van der Waals surface area contributed by atoms with Crippen molar-refractivity contribution in [2.45, 2.75) is 32.9 Å². The highest BCUT2D eigenvalue weighted by molar-refractivity contribution is 5.68. The van der Waals surface area contributed by atoms with Crippen molar-refractivity contribution >= 4 is 6.09 Å². The summed E-state index contributed by atoms with van der Waals surface area (Å²) in [7, 11) is 0. The van der Waals surface area contributed by atoms with E-state index in [4.69, 9.17) is 15.9 Å². The van der Waals surface area contributed by atoms with E-state index in [0.29, 0.717) is 5.69 Å². The van der Waals surface area contributed by atoms with Crippen molar-refractivity contribution in [3.8, 4) is 29.6 Å². The molecule has 3 aromatic rings. The molecule has 0 bridgehead atoms. The maximum absolute atomic E-state index is 12.1. The van der Waals surface area contributed by atoms with Crippen LogP contribution in [0.3, 0.4) is 0 Å². The molecule has 7 heteroatoms. The molecule has 0 fully saturated rings. The second-order valence-corrected chi connectivity index (χ2v) is 7.01. The molecule has 7 nitrogen and oxygen atoms in total. The van der Waals surface area contributed by atoms with E-state index < -0.39 is 12.1 Å². The number of carbonyl (C=O) groups is 1. The Kier molecular flexibility index (Phi) is 7.55. The van der Waals surface area contributed by atoms with Crippen LogP contribution in [0.25, 0.3) is 11.3 Å². The molecular formula is C24H24N4O3. The van der Waals surface area contributed by atoms with Crippen LogP contribution in [0.2, 0.25) is 0 Å². The molecule has 1 N–H and O–H groups in total. The van der Waals surface area contributed by atoms with Crippen molar-refractivity contribution in [1.82, 2.24) is 20.5 Å². The quantitative estimate of drug-likeness (QED) is 0.562. The number of carbonyl (C=O) groups excluding carboxylic acids is 1. The number of aromatic nitrogens is 3. The first-order valence-electron chi connectivity index (χ1n) is 9.86. The highest BCUT2D eigenvalue weighted by Crippen LogP contribution is 2.25. The van der Waals surface area contributed by atoms with Gasteiger partial charge in [-0.3, -0.25) is 0 Å². The number of terminal acetylenes is 1. The number of nitrogens with zero attached hydrogens (tertiary/aromatic N) is 3. The Balaban J connectivity index is 1.60. The minimum absolute atomic E-state index is 0.0858. The summed E-state index contributed by atoms with van der Waals surface area (Å²) in [5, 5.41) is 10.7. The van der Waals surface area contributed by atoms with Crippen LogP contribution >= 0.6 is 0 Å². The summed E-state index contributed by atoms with van der Waals surface area (Å²) in [5.41, 5.74) is 4.72. The second-order valence-electron chi connectivity index (χ2n) is 7.01. The minimum Gasteiger partial charge on any atom is -0.460 e. The van der Waals surface area contributed by atoms with Crippen molar-refractivity contribution in [2.75, 3.05) is 6.61 Å². The van der Waals surface area contributed by atoms with Gasteiger partial charge in [0.2, 0.25) is 0 Å². The molecule has 0 radical (unpaired) electrons. The number of aryl methyl sites for hydroxylation is 2. The van der Waals surface area contributed by atoms with Gasteiger partial charge in [-0.1, -0.05) is 53.6 Å². The van der Waals surface area contributed by atoms with Crippen LogP contribution in [0.15, 0.2) is 54.7 Å². The predicted molar refractivity (Wildman–Crippen MR) is 117 cm³/mol. The minimum atomic E-state index is -0.573. The molecule has 1 atom stereocenters. The Morgan fingerprint density at radius 3 is 2.58 bits per heavy atom. The molecule has 1 aromatic heterocycles. The lowest BCUT2D eigenvalue weighted by molar-refractivity contribution is 0.130. The van der Waals surface area contributed by atoms with Crippen LogP contribution in [0.1, 0.15) is 23.1 Å². The van der Waals surface area contributed by atoms with E-state index in [1.165, 1.54) is 0 Å². The van der Waals surface area contributed by atoms with Gasteiger partial charge in [0, 0.05) is 12.0 Å². The molecule has 1 unspecified atom stereocenters. The summed E-state index contributed by atoms with van der Waals surface area (Å²) in [6, 6.07) is 15.1. The Labute approximate surface area is 181 Å². The largest absolute Gasteiger partial charge is 0.460 e. The SMILES string of the molecule is C#CCC(COc1nncc(-c2c(C)cccc2C)n1)NC(=O)OCc1ccccc1. The molecule has 0 aliphatic rings. The van der Waals surface area contributed by atoms with E-state index in [-0.39, 0.29) is 25.6 Å². The van der Waals surface area contributed by atoms with Gasteiger partial charge in [-0.15, -0.1) is 12.3 Å². The highest BCUT2D eigenvalue weighted by Gasteiger charge is 2.15. The Hall–Kier alpha value is -3.92. The lowest BCUT2D eigenvalue weighted by atomic mass is 10.0. The third kappa shape index (κ3) is 6.28. The molecule has 0 aliphatic heterocycles. The average Bonchev–Trinajstić information content (AvgIpc) is 2.77. The van der Waals surface area contributed by atoms with Crippen molar-refractivity contribution in [3.63, 3.8) is 0 Å². The zero-order valence-corrected chi connectivity index (χ0v) is 17.5. The first-order valence-corrected chi connectivity index (χ1v) is 9.86. The van der Waals surface area contributed by atoms with Gasteiger partial charge in [0.15, 0.2) is 0 Å². The second kappa shape index (κ2) is 10.7. The van der Waals surface area contributed by atoms with Crippen LogP contribution in [-0.4, -0.2) is 33.9 Å². The molecule has 158 valence electrons. The number of nitrogens with one attached hydrogen (secondary N) is 1. The molecule has 3 rings (SSSR count). The van der Waals surface area contributed by atoms with Gasteiger partial charge in [-0.2, -0.15) is 10.1 Å². The van der Waals surface area contributed by atoms with E-state index in [1.54, 1.807) is 6.20 Å². The highest BCUT2D eigenvalue weighted by atomic mass is 16.5. The molecule has 1 heterocycles. The normalized spacial score (nSPS) is 11.3. The van der Waals surface area contributed by atoms with Crippen LogP contribution in [0.5, 0.6) is 6.01 Å². The standard InChI is InChI=1S/C24H24N4O3/c1-4-9-20(26-24(29)31-15-19-12-6-5-7-13-19)16-30-23-27-21(14-25-28-23)22-17(2)10-8-11-18(22)3/h1,5-8,10-14,20H,9,15-16H2,2-3H3,(H,26,29). The topological polar surface area (TPSA) is 86.2 Å². The predicted octanol–water partition coefficient (Wildman–Crippen LogP) is 3.85. The van der Waals surface area contributed by atoms with Gasteiger partial charge >= 0.3 is 12.1 Å². The zero-order valence-electron chi connectivity index (χ0n) is 17.5. The summed E-state index contributed by atoms with van der Waals surface area (Å²) in [6.45, 7) is 4.28. The van der Waals surface area contributed by atoms with Crippen LogP contribution in [0.4, 0.5) is 4.79 Å².